The zero-order valence-corrected chi connectivity index (χ0v) is 8.55. The minimum absolute atomic E-state index is 0.0330. The van der Waals surface area contributed by atoms with Crippen LogP contribution in [-0.2, 0) is 4.79 Å². The van der Waals surface area contributed by atoms with Crippen molar-refractivity contribution in [3.63, 3.8) is 0 Å². The fourth-order valence-electron chi connectivity index (χ4n) is 2.01. The molecule has 1 fully saturated rings. The molecule has 0 spiro atoms. The topological polar surface area (TPSA) is 29.1 Å². The monoisotopic (exact) mass is 181 g/mol. The molecule has 0 heterocycles. The lowest BCUT2D eigenvalue weighted by atomic mass is 9.94. The molecule has 74 valence electrons. The summed E-state index contributed by atoms with van der Waals surface area (Å²) in [7, 11) is 0. The molecular formula is C11H19NO. The average Bonchev–Trinajstić information content (AvgIpc) is 2.52. The van der Waals surface area contributed by atoms with E-state index in [1.165, 1.54) is 12.5 Å². The summed E-state index contributed by atoms with van der Waals surface area (Å²) in [6.07, 6.45) is 4.86. The molecule has 2 atom stereocenters. The molecular weight excluding hydrogens is 162 g/mol. The van der Waals surface area contributed by atoms with Crippen LogP contribution in [-0.4, -0.2) is 11.9 Å². The fourth-order valence-corrected chi connectivity index (χ4v) is 2.01. The van der Waals surface area contributed by atoms with Crippen LogP contribution in [0.4, 0.5) is 0 Å². The van der Waals surface area contributed by atoms with Crippen LogP contribution in [0.3, 0.4) is 0 Å². The second kappa shape index (κ2) is 4.45. The number of amides is 1. The molecule has 1 rings (SSSR count). The number of hydrogen-bond acceptors (Lipinski definition) is 1. The average molecular weight is 181 g/mol. The Morgan fingerprint density at radius 2 is 2.23 bits per heavy atom. The van der Waals surface area contributed by atoms with E-state index in [0.29, 0.717) is 6.04 Å². The van der Waals surface area contributed by atoms with Gasteiger partial charge in [0, 0.05) is 6.04 Å². The van der Waals surface area contributed by atoms with Crippen LogP contribution in [0.1, 0.15) is 33.1 Å². The van der Waals surface area contributed by atoms with Crippen LogP contribution in [0, 0.1) is 11.8 Å². The summed E-state index contributed by atoms with van der Waals surface area (Å²) in [5.41, 5.74) is 0. The standard InChI is InChI=1S/C11H19NO/c1-4-11(13)12-10-6-5-9(7-10)8(2)3/h4,8-10H,1,5-7H2,2-3H3,(H,12,13). The molecule has 1 N–H and O–H groups in total. The Morgan fingerprint density at radius 3 is 2.69 bits per heavy atom. The minimum Gasteiger partial charge on any atom is -0.350 e. The quantitative estimate of drug-likeness (QED) is 0.664. The fraction of sp³-hybridized carbons (Fsp3) is 0.727. The van der Waals surface area contributed by atoms with E-state index in [4.69, 9.17) is 0 Å². The first kappa shape index (κ1) is 10.3. The van der Waals surface area contributed by atoms with Gasteiger partial charge in [0.2, 0.25) is 5.91 Å². The lowest BCUT2D eigenvalue weighted by Gasteiger charge is -2.14. The maximum Gasteiger partial charge on any atom is 0.243 e. The highest BCUT2D eigenvalue weighted by Gasteiger charge is 2.26. The molecule has 0 saturated heterocycles. The van der Waals surface area contributed by atoms with Gasteiger partial charge in [0.1, 0.15) is 0 Å². The molecule has 0 aliphatic heterocycles. The molecule has 13 heavy (non-hydrogen) atoms. The molecule has 0 aromatic rings. The molecule has 2 heteroatoms. The van der Waals surface area contributed by atoms with Crippen molar-refractivity contribution in [2.75, 3.05) is 0 Å². The van der Waals surface area contributed by atoms with Crippen molar-refractivity contribution in [3.8, 4) is 0 Å². The van der Waals surface area contributed by atoms with E-state index in [0.717, 1.165) is 24.7 Å². The van der Waals surface area contributed by atoms with Gasteiger partial charge in [-0.15, -0.1) is 0 Å². The zero-order chi connectivity index (χ0) is 9.84. The maximum atomic E-state index is 11.0. The highest BCUT2D eigenvalue weighted by molar-refractivity contribution is 5.87. The Kier molecular flexibility index (Phi) is 3.52. The van der Waals surface area contributed by atoms with Crippen LogP contribution < -0.4 is 5.32 Å². The van der Waals surface area contributed by atoms with Gasteiger partial charge < -0.3 is 5.32 Å². The number of nitrogens with one attached hydrogen (secondary N) is 1. The highest BCUT2D eigenvalue weighted by Crippen LogP contribution is 2.31. The lowest BCUT2D eigenvalue weighted by Crippen LogP contribution is -2.31. The van der Waals surface area contributed by atoms with Crippen molar-refractivity contribution < 1.29 is 4.79 Å². The summed E-state index contributed by atoms with van der Waals surface area (Å²) in [6, 6.07) is 0.387. The van der Waals surface area contributed by atoms with E-state index in [9.17, 15) is 4.79 Å². The summed E-state index contributed by atoms with van der Waals surface area (Å²) in [6.45, 7) is 7.95. The van der Waals surface area contributed by atoms with Crippen molar-refractivity contribution in [2.45, 2.75) is 39.2 Å². The van der Waals surface area contributed by atoms with Gasteiger partial charge >= 0.3 is 0 Å². The second-order valence-electron chi connectivity index (χ2n) is 4.23. The SMILES string of the molecule is C=CC(=O)NC1CCC(C(C)C)C1. The van der Waals surface area contributed by atoms with Gasteiger partial charge in [-0.05, 0) is 37.2 Å². The number of rotatable bonds is 3. The third-order valence-corrected chi connectivity index (χ3v) is 2.95. The van der Waals surface area contributed by atoms with Crippen LogP contribution in [0.25, 0.3) is 0 Å². The van der Waals surface area contributed by atoms with Gasteiger partial charge in [0.25, 0.3) is 0 Å². The molecule has 0 bridgehead atoms. The summed E-state index contributed by atoms with van der Waals surface area (Å²) < 4.78 is 0. The molecule has 0 aromatic carbocycles. The largest absolute Gasteiger partial charge is 0.350 e. The molecule has 1 saturated carbocycles. The predicted molar refractivity (Wildman–Crippen MR) is 54.3 cm³/mol. The highest BCUT2D eigenvalue weighted by atomic mass is 16.1. The zero-order valence-electron chi connectivity index (χ0n) is 8.55. The Hall–Kier alpha value is -0.790. The first-order valence-corrected chi connectivity index (χ1v) is 5.06. The Balaban J connectivity index is 2.33. The normalized spacial score (nSPS) is 27.6. The summed E-state index contributed by atoms with van der Waals surface area (Å²) >= 11 is 0. The van der Waals surface area contributed by atoms with E-state index < -0.39 is 0 Å². The van der Waals surface area contributed by atoms with E-state index in [2.05, 4.69) is 25.7 Å². The lowest BCUT2D eigenvalue weighted by molar-refractivity contribution is -0.117. The number of carbonyl (C=O) groups excluding carboxylic acids is 1. The van der Waals surface area contributed by atoms with E-state index >= 15 is 0 Å². The molecule has 2 nitrogen and oxygen atoms in total. The third kappa shape index (κ3) is 2.87. The van der Waals surface area contributed by atoms with Crippen LogP contribution in [0.2, 0.25) is 0 Å². The van der Waals surface area contributed by atoms with Crippen molar-refractivity contribution in [1.82, 2.24) is 5.32 Å². The predicted octanol–water partition coefficient (Wildman–Crippen LogP) is 2.11. The minimum atomic E-state index is -0.0330. The first-order chi connectivity index (χ1) is 6.13. The number of hydrogen-bond donors (Lipinski definition) is 1. The summed E-state index contributed by atoms with van der Waals surface area (Å²) in [5, 5.41) is 2.96. The third-order valence-electron chi connectivity index (χ3n) is 2.95. The van der Waals surface area contributed by atoms with Gasteiger partial charge in [-0.1, -0.05) is 20.4 Å². The molecule has 1 aliphatic carbocycles. The molecule has 1 aliphatic rings. The Morgan fingerprint density at radius 1 is 1.54 bits per heavy atom. The van der Waals surface area contributed by atoms with E-state index in [-0.39, 0.29) is 5.91 Å². The van der Waals surface area contributed by atoms with Crippen molar-refractivity contribution in [1.29, 1.82) is 0 Å². The van der Waals surface area contributed by atoms with E-state index in [1.54, 1.807) is 0 Å². The van der Waals surface area contributed by atoms with Crippen molar-refractivity contribution in [2.24, 2.45) is 11.8 Å². The van der Waals surface area contributed by atoms with Gasteiger partial charge in [-0.25, -0.2) is 0 Å². The van der Waals surface area contributed by atoms with Crippen LogP contribution in [0.15, 0.2) is 12.7 Å². The van der Waals surface area contributed by atoms with Gasteiger partial charge in [-0.2, -0.15) is 0 Å². The number of carbonyl (C=O) groups is 1. The molecule has 0 aromatic heterocycles. The maximum absolute atomic E-state index is 11.0. The molecule has 2 unspecified atom stereocenters. The molecule has 0 radical (unpaired) electrons. The second-order valence-corrected chi connectivity index (χ2v) is 4.23. The van der Waals surface area contributed by atoms with Crippen LogP contribution >= 0.6 is 0 Å². The molecule has 1 amide bonds. The van der Waals surface area contributed by atoms with Gasteiger partial charge in [0.05, 0.1) is 0 Å². The summed E-state index contributed by atoms with van der Waals surface area (Å²) in [5.74, 6) is 1.50. The van der Waals surface area contributed by atoms with Gasteiger partial charge in [0.15, 0.2) is 0 Å². The summed E-state index contributed by atoms with van der Waals surface area (Å²) in [4.78, 5) is 11.0. The Bertz CT molecular complexity index is 198. The van der Waals surface area contributed by atoms with Gasteiger partial charge in [-0.3, -0.25) is 4.79 Å². The smallest absolute Gasteiger partial charge is 0.243 e. The van der Waals surface area contributed by atoms with Crippen LogP contribution in [0.5, 0.6) is 0 Å². The van der Waals surface area contributed by atoms with E-state index in [1.807, 2.05) is 0 Å². The Labute approximate surface area is 80.4 Å². The van der Waals surface area contributed by atoms with Crippen molar-refractivity contribution >= 4 is 5.91 Å². The first-order valence-electron chi connectivity index (χ1n) is 5.06. The van der Waals surface area contributed by atoms with Crippen molar-refractivity contribution in [3.05, 3.63) is 12.7 Å².